The molecular weight excluding hydrogens is 462 g/mol. The molecule has 0 bridgehead atoms. The molecule has 0 unspecified atom stereocenters. The van der Waals surface area contributed by atoms with Crippen LogP contribution in [0.4, 0.5) is 11.4 Å². The summed E-state index contributed by atoms with van der Waals surface area (Å²) in [6, 6.07) is 9.52. The maximum Gasteiger partial charge on any atom is 0.265 e. The van der Waals surface area contributed by atoms with Gasteiger partial charge in [-0.1, -0.05) is 0 Å². The van der Waals surface area contributed by atoms with Gasteiger partial charge in [0.05, 0.1) is 30.5 Å². The fourth-order valence-electron chi connectivity index (χ4n) is 4.00. The Labute approximate surface area is 198 Å². The number of benzene rings is 2. The molecule has 0 aromatic heterocycles. The Kier molecular flexibility index (Phi) is 6.67. The van der Waals surface area contributed by atoms with E-state index in [9.17, 15) is 18.0 Å². The second-order valence-electron chi connectivity index (χ2n) is 8.14. The topological polar surface area (TPSA) is 123 Å². The van der Waals surface area contributed by atoms with Gasteiger partial charge in [-0.25, -0.2) is 8.42 Å². The van der Waals surface area contributed by atoms with Crippen LogP contribution >= 0.6 is 0 Å². The molecule has 0 aliphatic carbocycles. The molecule has 2 N–H and O–H groups in total. The van der Waals surface area contributed by atoms with Crippen molar-refractivity contribution in [2.45, 2.75) is 30.8 Å². The molecular formula is C23H27N3O7S. The molecule has 1 atom stereocenters. The summed E-state index contributed by atoms with van der Waals surface area (Å²) in [5, 5.41) is 5.54. The van der Waals surface area contributed by atoms with Gasteiger partial charge in [0, 0.05) is 25.1 Å². The second kappa shape index (κ2) is 9.51. The average molecular weight is 490 g/mol. The predicted molar refractivity (Wildman–Crippen MR) is 125 cm³/mol. The van der Waals surface area contributed by atoms with E-state index in [-0.39, 0.29) is 35.7 Å². The number of anilines is 2. The highest BCUT2D eigenvalue weighted by Crippen LogP contribution is 2.34. The Morgan fingerprint density at radius 1 is 1.12 bits per heavy atom. The van der Waals surface area contributed by atoms with Crippen LogP contribution < -0.4 is 24.8 Å². The lowest BCUT2D eigenvalue weighted by Gasteiger charge is -2.31. The van der Waals surface area contributed by atoms with Crippen LogP contribution in [0.3, 0.4) is 0 Å². The van der Waals surface area contributed by atoms with Gasteiger partial charge in [-0.2, -0.15) is 4.31 Å². The van der Waals surface area contributed by atoms with Crippen molar-refractivity contribution in [2.24, 2.45) is 5.92 Å². The molecule has 0 spiro atoms. The predicted octanol–water partition coefficient (Wildman–Crippen LogP) is 2.46. The highest BCUT2D eigenvalue weighted by atomic mass is 32.2. The van der Waals surface area contributed by atoms with E-state index in [4.69, 9.17) is 14.2 Å². The van der Waals surface area contributed by atoms with Crippen molar-refractivity contribution in [3.05, 3.63) is 36.4 Å². The Balaban J connectivity index is 1.42. The Morgan fingerprint density at radius 2 is 1.85 bits per heavy atom. The molecule has 182 valence electrons. The van der Waals surface area contributed by atoms with Gasteiger partial charge in [-0.15, -0.1) is 0 Å². The van der Waals surface area contributed by atoms with Crippen LogP contribution in [0.2, 0.25) is 0 Å². The van der Waals surface area contributed by atoms with Crippen molar-refractivity contribution in [3.8, 4) is 17.2 Å². The number of rotatable bonds is 6. The molecule has 2 aliphatic rings. The number of amides is 2. The normalized spacial score (nSPS) is 18.9. The number of ether oxygens (including phenoxy) is 3. The number of fused-ring (bicyclic) bond motifs is 1. The Bertz CT molecular complexity index is 1210. The Hall–Kier alpha value is -3.31. The minimum atomic E-state index is -3.80. The minimum absolute atomic E-state index is 0.0636. The van der Waals surface area contributed by atoms with Gasteiger partial charge in [0.25, 0.3) is 5.91 Å². The zero-order chi connectivity index (χ0) is 24.5. The van der Waals surface area contributed by atoms with Crippen LogP contribution in [0.25, 0.3) is 0 Å². The molecule has 2 aliphatic heterocycles. The second-order valence-corrected chi connectivity index (χ2v) is 10.1. The highest BCUT2D eigenvalue weighted by molar-refractivity contribution is 7.89. The van der Waals surface area contributed by atoms with E-state index in [0.717, 1.165) is 0 Å². The molecule has 0 saturated carbocycles. The van der Waals surface area contributed by atoms with Crippen LogP contribution in [0, 0.1) is 5.92 Å². The van der Waals surface area contributed by atoms with E-state index in [1.165, 1.54) is 30.7 Å². The largest absolute Gasteiger partial charge is 0.497 e. The molecule has 2 amide bonds. The first-order valence-electron chi connectivity index (χ1n) is 10.9. The standard InChI is InChI=1S/C23H27N3O7S/c1-14-22(27)24-19-13-17(5-7-21(19)33-14)34(29,30)26-10-8-15(9-11-26)23(28)25-18-12-16(31-2)4-6-20(18)32-3/h4-7,12-15H,8-11H2,1-3H3,(H,24,27)(H,25,28)/t14-/m1/s1. The van der Waals surface area contributed by atoms with E-state index >= 15 is 0 Å². The van der Waals surface area contributed by atoms with E-state index in [0.29, 0.717) is 41.5 Å². The van der Waals surface area contributed by atoms with Gasteiger partial charge in [-0.05, 0) is 50.1 Å². The van der Waals surface area contributed by atoms with E-state index in [2.05, 4.69) is 10.6 Å². The summed E-state index contributed by atoms with van der Waals surface area (Å²) in [7, 11) is -0.747. The first-order valence-corrected chi connectivity index (χ1v) is 12.3. The first-order chi connectivity index (χ1) is 16.2. The lowest BCUT2D eigenvalue weighted by Crippen LogP contribution is -2.41. The van der Waals surface area contributed by atoms with Gasteiger partial charge in [0.2, 0.25) is 15.9 Å². The third-order valence-corrected chi connectivity index (χ3v) is 7.90. The van der Waals surface area contributed by atoms with Gasteiger partial charge in [-0.3, -0.25) is 9.59 Å². The smallest absolute Gasteiger partial charge is 0.265 e. The monoisotopic (exact) mass is 489 g/mol. The number of piperidine rings is 1. The van der Waals surface area contributed by atoms with Crippen molar-refractivity contribution >= 4 is 33.2 Å². The number of hydrogen-bond acceptors (Lipinski definition) is 7. The fourth-order valence-corrected chi connectivity index (χ4v) is 5.50. The third kappa shape index (κ3) is 4.66. The van der Waals surface area contributed by atoms with Crippen molar-refractivity contribution in [2.75, 3.05) is 37.9 Å². The van der Waals surface area contributed by atoms with E-state index < -0.39 is 16.1 Å². The lowest BCUT2D eigenvalue weighted by molar-refractivity contribution is -0.123. The SMILES string of the molecule is COc1ccc(OC)c(NC(=O)C2CCN(S(=O)(=O)c3ccc4c(c3)NC(=O)[C@@H](C)O4)CC2)c1. The molecule has 2 aromatic carbocycles. The van der Waals surface area contributed by atoms with Crippen molar-refractivity contribution in [1.29, 1.82) is 0 Å². The summed E-state index contributed by atoms with van der Waals surface area (Å²) in [5.74, 6) is 0.632. The molecule has 34 heavy (non-hydrogen) atoms. The maximum atomic E-state index is 13.2. The molecule has 0 radical (unpaired) electrons. The number of nitrogens with zero attached hydrogens (tertiary/aromatic N) is 1. The van der Waals surface area contributed by atoms with Gasteiger partial charge < -0.3 is 24.8 Å². The number of methoxy groups -OCH3 is 2. The summed E-state index contributed by atoms with van der Waals surface area (Å²) in [4.78, 5) is 24.8. The number of nitrogens with one attached hydrogen (secondary N) is 2. The molecule has 11 heteroatoms. The van der Waals surface area contributed by atoms with E-state index in [1.807, 2.05) is 0 Å². The minimum Gasteiger partial charge on any atom is -0.497 e. The fraction of sp³-hybridized carbons (Fsp3) is 0.391. The average Bonchev–Trinajstić information content (AvgIpc) is 2.84. The maximum absolute atomic E-state index is 13.2. The highest BCUT2D eigenvalue weighted by Gasteiger charge is 2.33. The van der Waals surface area contributed by atoms with Crippen LogP contribution in [0.1, 0.15) is 19.8 Å². The van der Waals surface area contributed by atoms with Crippen LogP contribution in [-0.4, -0.2) is 58.0 Å². The van der Waals surface area contributed by atoms with E-state index in [1.54, 1.807) is 31.2 Å². The van der Waals surface area contributed by atoms with Crippen molar-refractivity contribution in [1.82, 2.24) is 4.31 Å². The third-order valence-electron chi connectivity index (χ3n) is 6.01. The van der Waals surface area contributed by atoms with Gasteiger partial charge >= 0.3 is 0 Å². The van der Waals surface area contributed by atoms with Crippen LogP contribution in [0.5, 0.6) is 17.2 Å². The van der Waals surface area contributed by atoms with Crippen molar-refractivity contribution in [3.63, 3.8) is 0 Å². The number of sulfonamides is 1. The summed E-state index contributed by atoms with van der Waals surface area (Å²) in [6.07, 6.45) is 0.108. The Morgan fingerprint density at radius 3 is 2.53 bits per heavy atom. The zero-order valence-corrected chi connectivity index (χ0v) is 20.0. The first kappa shape index (κ1) is 23.8. The number of carbonyl (C=O) groups excluding carboxylic acids is 2. The van der Waals surface area contributed by atoms with Crippen LogP contribution in [-0.2, 0) is 19.6 Å². The number of hydrogen-bond donors (Lipinski definition) is 2. The molecule has 1 fully saturated rings. The lowest BCUT2D eigenvalue weighted by atomic mass is 9.97. The summed E-state index contributed by atoms with van der Waals surface area (Å²) in [6.45, 7) is 2.02. The molecule has 2 heterocycles. The molecule has 2 aromatic rings. The summed E-state index contributed by atoms with van der Waals surface area (Å²) >= 11 is 0. The van der Waals surface area contributed by atoms with Crippen molar-refractivity contribution < 1.29 is 32.2 Å². The molecule has 4 rings (SSSR count). The van der Waals surface area contributed by atoms with Crippen LogP contribution in [0.15, 0.2) is 41.3 Å². The van der Waals surface area contributed by atoms with Gasteiger partial charge in [0.1, 0.15) is 17.2 Å². The molecule has 1 saturated heterocycles. The zero-order valence-electron chi connectivity index (χ0n) is 19.2. The van der Waals surface area contributed by atoms with Gasteiger partial charge in [0.15, 0.2) is 6.10 Å². The molecule has 10 nitrogen and oxygen atoms in total. The quantitative estimate of drug-likeness (QED) is 0.639. The summed E-state index contributed by atoms with van der Waals surface area (Å²) < 4.78 is 43.7. The number of carbonyl (C=O) groups is 2. The summed E-state index contributed by atoms with van der Waals surface area (Å²) in [5.41, 5.74) is 0.820.